The van der Waals surface area contributed by atoms with Crippen LogP contribution in [-0.4, -0.2) is 24.8 Å². The Bertz CT molecular complexity index is 219. The van der Waals surface area contributed by atoms with E-state index in [0.29, 0.717) is 6.04 Å². The molecule has 2 atom stereocenters. The highest BCUT2D eigenvalue weighted by molar-refractivity contribution is 5.03. The molecule has 1 heterocycles. The third-order valence-electron chi connectivity index (χ3n) is 3.62. The Balaban J connectivity index is 2.58. The molecule has 16 heavy (non-hydrogen) atoms. The van der Waals surface area contributed by atoms with Gasteiger partial charge >= 0.3 is 0 Å². The van der Waals surface area contributed by atoms with E-state index >= 15 is 0 Å². The van der Waals surface area contributed by atoms with Gasteiger partial charge < -0.3 is 10.1 Å². The fourth-order valence-corrected chi connectivity index (χ4v) is 2.33. The van der Waals surface area contributed by atoms with Crippen molar-refractivity contribution in [1.82, 2.24) is 5.32 Å². The van der Waals surface area contributed by atoms with E-state index < -0.39 is 0 Å². The molecule has 1 aliphatic rings. The fourth-order valence-electron chi connectivity index (χ4n) is 2.33. The molecular weight excluding hydrogens is 198 g/mol. The van der Waals surface area contributed by atoms with E-state index in [1.165, 1.54) is 24.8 Å². The maximum absolute atomic E-state index is 5.94. The minimum absolute atomic E-state index is 0.0211. The molecule has 0 aromatic rings. The van der Waals surface area contributed by atoms with E-state index in [2.05, 4.69) is 32.7 Å². The zero-order valence-corrected chi connectivity index (χ0v) is 11.1. The van der Waals surface area contributed by atoms with Gasteiger partial charge in [0.05, 0.1) is 5.60 Å². The summed E-state index contributed by atoms with van der Waals surface area (Å²) in [7, 11) is 0. The fraction of sp³-hybridized carbons (Fsp3) is 0.857. The van der Waals surface area contributed by atoms with Gasteiger partial charge in [-0.3, -0.25) is 0 Å². The molecule has 2 unspecified atom stereocenters. The molecule has 0 radical (unpaired) electrons. The summed E-state index contributed by atoms with van der Waals surface area (Å²) in [5.74, 6) is 0. The number of rotatable bonds is 7. The lowest BCUT2D eigenvalue weighted by molar-refractivity contribution is -0.0115. The van der Waals surface area contributed by atoms with E-state index in [9.17, 15) is 0 Å². The van der Waals surface area contributed by atoms with Crippen molar-refractivity contribution in [2.75, 3.05) is 13.2 Å². The second kappa shape index (κ2) is 6.41. The molecule has 1 saturated heterocycles. The summed E-state index contributed by atoms with van der Waals surface area (Å²) in [5.41, 5.74) is 1.35. The highest BCUT2D eigenvalue weighted by Gasteiger charge is 2.37. The first-order chi connectivity index (χ1) is 7.62. The van der Waals surface area contributed by atoms with Gasteiger partial charge in [-0.05, 0) is 45.6 Å². The van der Waals surface area contributed by atoms with Crippen LogP contribution in [0.5, 0.6) is 0 Å². The third kappa shape index (κ3) is 3.60. The molecule has 0 aromatic heterocycles. The van der Waals surface area contributed by atoms with Crippen molar-refractivity contribution in [3.05, 3.63) is 12.2 Å². The average Bonchev–Trinajstić information content (AvgIpc) is 2.72. The zero-order valence-electron chi connectivity index (χ0n) is 11.1. The van der Waals surface area contributed by atoms with Crippen LogP contribution in [0.1, 0.15) is 52.9 Å². The van der Waals surface area contributed by atoms with Gasteiger partial charge in [0.2, 0.25) is 0 Å². The maximum Gasteiger partial charge on any atom is 0.0810 e. The third-order valence-corrected chi connectivity index (χ3v) is 3.62. The monoisotopic (exact) mass is 225 g/mol. The number of nitrogens with one attached hydrogen (secondary N) is 1. The summed E-state index contributed by atoms with van der Waals surface area (Å²) in [6.07, 6.45) is 5.66. The number of hydrogen-bond donors (Lipinski definition) is 1. The van der Waals surface area contributed by atoms with Crippen molar-refractivity contribution in [2.45, 2.75) is 64.5 Å². The van der Waals surface area contributed by atoms with Crippen molar-refractivity contribution in [3.63, 3.8) is 0 Å². The summed E-state index contributed by atoms with van der Waals surface area (Å²) in [6, 6.07) is 0.433. The van der Waals surface area contributed by atoms with Crippen molar-refractivity contribution >= 4 is 0 Å². The zero-order chi connectivity index (χ0) is 12.0. The van der Waals surface area contributed by atoms with Crippen molar-refractivity contribution < 1.29 is 4.74 Å². The van der Waals surface area contributed by atoms with Crippen LogP contribution < -0.4 is 5.32 Å². The predicted molar refractivity (Wildman–Crippen MR) is 69.7 cm³/mol. The van der Waals surface area contributed by atoms with E-state index in [1.807, 2.05) is 0 Å². The standard InChI is InChI=1S/C14H27NO/c1-5-9-15-13(11-12(3)6-2)14(4)8-7-10-16-14/h13,15H,3,5-11H2,1-2,4H3. The van der Waals surface area contributed by atoms with Crippen LogP contribution in [-0.2, 0) is 4.74 Å². The summed E-state index contributed by atoms with van der Waals surface area (Å²) in [4.78, 5) is 0. The number of hydrogen-bond acceptors (Lipinski definition) is 2. The van der Waals surface area contributed by atoms with Gasteiger partial charge in [-0.1, -0.05) is 26.0 Å². The van der Waals surface area contributed by atoms with E-state index in [-0.39, 0.29) is 5.60 Å². The largest absolute Gasteiger partial charge is 0.374 e. The molecule has 0 bridgehead atoms. The van der Waals surface area contributed by atoms with Gasteiger partial charge in [-0.15, -0.1) is 0 Å². The first-order valence-electron chi connectivity index (χ1n) is 6.66. The van der Waals surface area contributed by atoms with Crippen LogP contribution in [0, 0.1) is 0 Å². The lowest BCUT2D eigenvalue weighted by Gasteiger charge is -2.34. The Hall–Kier alpha value is -0.340. The van der Waals surface area contributed by atoms with E-state index in [1.54, 1.807) is 0 Å². The highest BCUT2D eigenvalue weighted by atomic mass is 16.5. The topological polar surface area (TPSA) is 21.3 Å². The van der Waals surface area contributed by atoms with Crippen LogP contribution in [0.3, 0.4) is 0 Å². The minimum atomic E-state index is 0.0211. The van der Waals surface area contributed by atoms with Crippen LogP contribution in [0.25, 0.3) is 0 Å². The van der Waals surface area contributed by atoms with E-state index in [0.717, 1.165) is 26.0 Å². The van der Waals surface area contributed by atoms with Crippen LogP contribution in [0.4, 0.5) is 0 Å². The second-order valence-corrected chi connectivity index (χ2v) is 5.08. The predicted octanol–water partition coefficient (Wildman–Crippen LogP) is 3.28. The quantitative estimate of drug-likeness (QED) is 0.671. The molecule has 0 spiro atoms. The van der Waals surface area contributed by atoms with E-state index in [4.69, 9.17) is 4.74 Å². The average molecular weight is 225 g/mol. The lowest BCUT2D eigenvalue weighted by atomic mass is 9.88. The van der Waals surface area contributed by atoms with Crippen molar-refractivity contribution in [3.8, 4) is 0 Å². The molecule has 0 aromatic carbocycles. The highest BCUT2D eigenvalue weighted by Crippen LogP contribution is 2.31. The first-order valence-corrected chi connectivity index (χ1v) is 6.66. The molecular formula is C14H27NO. The molecule has 1 aliphatic heterocycles. The number of ether oxygens (including phenoxy) is 1. The van der Waals surface area contributed by atoms with Gasteiger partial charge in [0, 0.05) is 12.6 Å². The first kappa shape index (κ1) is 13.7. The molecule has 94 valence electrons. The molecule has 0 saturated carbocycles. The Morgan fingerprint density at radius 2 is 2.25 bits per heavy atom. The van der Waals surface area contributed by atoms with Gasteiger partial charge in [0.1, 0.15) is 0 Å². The summed E-state index contributed by atoms with van der Waals surface area (Å²) in [6.45, 7) is 12.7. The molecule has 1 rings (SSSR count). The Morgan fingerprint density at radius 1 is 1.50 bits per heavy atom. The van der Waals surface area contributed by atoms with Crippen molar-refractivity contribution in [2.24, 2.45) is 0 Å². The van der Waals surface area contributed by atoms with Gasteiger partial charge in [-0.2, -0.15) is 0 Å². The minimum Gasteiger partial charge on any atom is -0.374 e. The van der Waals surface area contributed by atoms with Crippen molar-refractivity contribution in [1.29, 1.82) is 0 Å². The maximum atomic E-state index is 5.94. The van der Waals surface area contributed by atoms with Crippen LogP contribution >= 0.6 is 0 Å². The Morgan fingerprint density at radius 3 is 2.75 bits per heavy atom. The van der Waals surface area contributed by atoms with Gasteiger partial charge in [0.25, 0.3) is 0 Å². The molecule has 0 aliphatic carbocycles. The van der Waals surface area contributed by atoms with Crippen LogP contribution in [0.15, 0.2) is 12.2 Å². The Labute approximate surface area is 100 Å². The van der Waals surface area contributed by atoms with Gasteiger partial charge in [0.15, 0.2) is 0 Å². The van der Waals surface area contributed by atoms with Gasteiger partial charge in [-0.25, -0.2) is 0 Å². The lowest BCUT2D eigenvalue weighted by Crippen LogP contribution is -2.48. The second-order valence-electron chi connectivity index (χ2n) is 5.08. The SMILES string of the molecule is C=C(CC)CC(NCCC)C1(C)CCCO1. The molecule has 2 heteroatoms. The normalized spacial score (nSPS) is 26.9. The molecule has 1 N–H and O–H groups in total. The summed E-state index contributed by atoms with van der Waals surface area (Å²) < 4.78 is 5.94. The molecule has 1 fully saturated rings. The molecule has 0 amide bonds. The smallest absolute Gasteiger partial charge is 0.0810 e. The van der Waals surface area contributed by atoms with Crippen LogP contribution in [0.2, 0.25) is 0 Å². The summed E-state index contributed by atoms with van der Waals surface area (Å²) in [5, 5.41) is 3.63. The molecule has 2 nitrogen and oxygen atoms in total. The summed E-state index contributed by atoms with van der Waals surface area (Å²) >= 11 is 0. The Kier molecular flexibility index (Phi) is 5.50.